The van der Waals surface area contributed by atoms with Gasteiger partial charge in [-0.1, -0.05) is 12.2 Å². The van der Waals surface area contributed by atoms with E-state index in [1.54, 1.807) is 0 Å². The van der Waals surface area contributed by atoms with E-state index in [9.17, 15) is 8.42 Å². The van der Waals surface area contributed by atoms with E-state index >= 15 is 0 Å². The number of hydrogen-bond acceptors (Lipinski definition) is 2. The summed E-state index contributed by atoms with van der Waals surface area (Å²) < 4.78 is 23.2. The van der Waals surface area contributed by atoms with Crippen LogP contribution >= 0.6 is 0 Å². The number of hydrogen-bond donors (Lipinski definition) is 0. The summed E-state index contributed by atoms with van der Waals surface area (Å²) in [7, 11) is -2.72. The Morgan fingerprint density at radius 1 is 0.923 bits per heavy atom. The van der Waals surface area contributed by atoms with Gasteiger partial charge >= 0.3 is 0 Å². The van der Waals surface area contributed by atoms with Crippen molar-refractivity contribution in [1.29, 1.82) is 0 Å². The molecule has 1 saturated heterocycles. The molecular weight excluding hydrogens is 184 g/mol. The second-order valence-electron chi connectivity index (χ2n) is 4.97. The lowest BCUT2D eigenvalue weighted by Crippen LogP contribution is -2.51. The maximum atomic E-state index is 11.6. The molecule has 3 aliphatic rings. The molecule has 0 spiro atoms. The van der Waals surface area contributed by atoms with Crippen molar-refractivity contribution in [1.82, 2.24) is 0 Å². The summed E-state index contributed by atoms with van der Waals surface area (Å²) in [5, 5.41) is 0. The van der Waals surface area contributed by atoms with Crippen LogP contribution in [0.3, 0.4) is 0 Å². The molecular formula is C10H14O2S. The number of rotatable bonds is 0. The molecule has 72 valence electrons. The second kappa shape index (κ2) is 2.02. The molecule has 0 radical (unpaired) electrons. The molecule has 0 aromatic rings. The molecule has 1 saturated carbocycles. The Kier molecular flexibility index (Phi) is 1.25. The first-order valence-corrected chi connectivity index (χ1v) is 6.75. The van der Waals surface area contributed by atoms with Crippen molar-refractivity contribution in [3.8, 4) is 0 Å². The third kappa shape index (κ3) is 0.815. The minimum atomic E-state index is -2.72. The van der Waals surface area contributed by atoms with Gasteiger partial charge < -0.3 is 0 Å². The van der Waals surface area contributed by atoms with Crippen LogP contribution in [0.4, 0.5) is 0 Å². The highest BCUT2D eigenvalue weighted by molar-refractivity contribution is 7.91. The van der Waals surface area contributed by atoms with E-state index in [1.165, 1.54) is 0 Å². The van der Waals surface area contributed by atoms with Crippen LogP contribution in [0.2, 0.25) is 0 Å². The smallest absolute Gasteiger partial charge is 0.151 e. The fourth-order valence-corrected chi connectivity index (χ4v) is 6.47. The standard InChI is InChI=1S/C10H14O2S/c11-13(12)7-9-3-1-2-4-10(9,8-13)6-5-9/h1-2H,3-8H2/t9-,10+. The van der Waals surface area contributed by atoms with Crippen LogP contribution in [0.5, 0.6) is 0 Å². The SMILES string of the molecule is O=S1(=O)C[C@@]23CC=CC[C@@]2(CC3)C1. The van der Waals surface area contributed by atoms with Gasteiger partial charge in [-0.25, -0.2) is 8.42 Å². The summed E-state index contributed by atoms with van der Waals surface area (Å²) in [6.07, 6.45) is 8.64. The highest BCUT2D eigenvalue weighted by atomic mass is 32.2. The Hall–Kier alpha value is -0.310. The fourth-order valence-electron chi connectivity index (χ4n) is 3.55. The quantitative estimate of drug-likeness (QED) is 0.553. The lowest BCUT2D eigenvalue weighted by atomic mass is 9.47. The van der Waals surface area contributed by atoms with E-state index in [2.05, 4.69) is 12.2 Å². The molecule has 2 nitrogen and oxygen atoms in total. The van der Waals surface area contributed by atoms with Crippen LogP contribution in [-0.2, 0) is 9.84 Å². The van der Waals surface area contributed by atoms with E-state index in [-0.39, 0.29) is 10.8 Å². The van der Waals surface area contributed by atoms with Gasteiger partial charge in [-0.3, -0.25) is 0 Å². The predicted octanol–water partition coefficient (Wildman–Crippen LogP) is 1.53. The zero-order valence-corrected chi connectivity index (χ0v) is 8.44. The maximum absolute atomic E-state index is 11.6. The Morgan fingerprint density at radius 2 is 1.38 bits per heavy atom. The summed E-state index contributed by atoms with van der Waals surface area (Å²) in [5.41, 5.74) is 0.334. The maximum Gasteiger partial charge on any atom is 0.151 e. The summed E-state index contributed by atoms with van der Waals surface area (Å²) >= 11 is 0. The van der Waals surface area contributed by atoms with Gasteiger partial charge in [0, 0.05) is 0 Å². The number of allylic oxidation sites excluding steroid dienone is 2. The van der Waals surface area contributed by atoms with Crippen molar-refractivity contribution >= 4 is 9.84 Å². The van der Waals surface area contributed by atoms with Gasteiger partial charge in [-0.05, 0) is 36.5 Å². The number of sulfone groups is 1. The van der Waals surface area contributed by atoms with Gasteiger partial charge in [0.25, 0.3) is 0 Å². The molecule has 0 aromatic carbocycles. The molecule has 3 heteroatoms. The lowest BCUT2D eigenvalue weighted by molar-refractivity contribution is -0.0325. The van der Waals surface area contributed by atoms with Gasteiger partial charge in [0.1, 0.15) is 0 Å². The van der Waals surface area contributed by atoms with Gasteiger partial charge in [-0.2, -0.15) is 0 Å². The lowest BCUT2D eigenvalue weighted by Gasteiger charge is -2.56. The topological polar surface area (TPSA) is 34.1 Å². The molecule has 0 unspecified atom stereocenters. The molecule has 1 heterocycles. The molecule has 2 atom stereocenters. The van der Waals surface area contributed by atoms with Gasteiger partial charge in [0.15, 0.2) is 9.84 Å². The molecule has 1 aliphatic heterocycles. The average Bonchev–Trinajstić information content (AvgIpc) is 2.21. The zero-order valence-electron chi connectivity index (χ0n) is 7.62. The van der Waals surface area contributed by atoms with E-state index in [1.807, 2.05) is 0 Å². The first-order chi connectivity index (χ1) is 6.08. The minimum Gasteiger partial charge on any atom is -0.229 e. The first-order valence-electron chi connectivity index (χ1n) is 4.93. The largest absolute Gasteiger partial charge is 0.229 e. The molecule has 13 heavy (non-hydrogen) atoms. The van der Waals surface area contributed by atoms with Crippen molar-refractivity contribution < 1.29 is 8.42 Å². The monoisotopic (exact) mass is 198 g/mol. The normalized spacial score (nSPS) is 50.8. The predicted molar refractivity (Wildman–Crippen MR) is 51.1 cm³/mol. The first kappa shape index (κ1) is 8.04. The van der Waals surface area contributed by atoms with Gasteiger partial charge in [-0.15, -0.1) is 0 Å². The van der Waals surface area contributed by atoms with Gasteiger partial charge in [0.05, 0.1) is 11.5 Å². The van der Waals surface area contributed by atoms with Crippen molar-refractivity contribution in [2.24, 2.45) is 10.8 Å². The third-order valence-electron chi connectivity index (χ3n) is 4.38. The molecule has 3 rings (SSSR count). The molecule has 0 amide bonds. The molecule has 2 aliphatic carbocycles. The van der Waals surface area contributed by atoms with Gasteiger partial charge in [0.2, 0.25) is 0 Å². The molecule has 0 N–H and O–H groups in total. The molecule has 0 bridgehead atoms. The molecule has 2 fully saturated rings. The highest BCUT2D eigenvalue weighted by Crippen LogP contribution is 2.67. The van der Waals surface area contributed by atoms with E-state index < -0.39 is 9.84 Å². The zero-order chi connectivity index (χ0) is 9.16. The van der Waals surface area contributed by atoms with Crippen LogP contribution in [0, 0.1) is 10.8 Å². The fraction of sp³-hybridized carbons (Fsp3) is 0.800. The summed E-state index contributed by atoms with van der Waals surface area (Å²) in [5.74, 6) is 0.925. The summed E-state index contributed by atoms with van der Waals surface area (Å²) in [6, 6.07) is 0. The highest BCUT2D eigenvalue weighted by Gasteiger charge is 2.65. The van der Waals surface area contributed by atoms with Crippen molar-refractivity contribution in [3.63, 3.8) is 0 Å². The van der Waals surface area contributed by atoms with E-state index in [0.717, 1.165) is 25.7 Å². The average molecular weight is 198 g/mol. The summed E-state index contributed by atoms with van der Waals surface area (Å²) in [4.78, 5) is 0. The second-order valence-corrected chi connectivity index (χ2v) is 7.04. The van der Waals surface area contributed by atoms with Crippen LogP contribution in [0.25, 0.3) is 0 Å². The molecule has 0 aromatic heterocycles. The van der Waals surface area contributed by atoms with E-state index in [4.69, 9.17) is 0 Å². The van der Waals surface area contributed by atoms with Crippen molar-refractivity contribution in [2.75, 3.05) is 11.5 Å². The Labute approximate surface area is 78.9 Å². The van der Waals surface area contributed by atoms with Crippen LogP contribution in [0.15, 0.2) is 12.2 Å². The van der Waals surface area contributed by atoms with Crippen LogP contribution in [-0.4, -0.2) is 19.9 Å². The van der Waals surface area contributed by atoms with Crippen molar-refractivity contribution in [2.45, 2.75) is 25.7 Å². The summed E-state index contributed by atoms with van der Waals surface area (Å²) in [6.45, 7) is 0. The Balaban J connectivity index is 2.11. The van der Waals surface area contributed by atoms with Crippen molar-refractivity contribution in [3.05, 3.63) is 12.2 Å². The van der Waals surface area contributed by atoms with E-state index in [0.29, 0.717) is 11.5 Å². The minimum absolute atomic E-state index is 0.167. The Morgan fingerprint density at radius 3 is 1.77 bits per heavy atom. The Bertz CT molecular complexity index is 352. The third-order valence-corrected chi connectivity index (χ3v) is 6.37. The van der Waals surface area contributed by atoms with Crippen LogP contribution in [0.1, 0.15) is 25.7 Å². The van der Waals surface area contributed by atoms with Crippen LogP contribution < -0.4 is 0 Å².